The van der Waals surface area contributed by atoms with Gasteiger partial charge in [-0.05, 0) is 50.2 Å². The van der Waals surface area contributed by atoms with Crippen LogP contribution in [0.4, 0.5) is 5.69 Å². The largest absolute Gasteiger partial charge is 0.450 e. The molecule has 0 unspecified atom stereocenters. The van der Waals surface area contributed by atoms with Gasteiger partial charge >= 0.3 is 5.69 Å². The van der Waals surface area contributed by atoms with Crippen molar-refractivity contribution in [2.24, 2.45) is 0 Å². The summed E-state index contributed by atoms with van der Waals surface area (Å²) in [5, 5.41) is 11.4. The Kier molecular flexibility index (Phi) is 6.29. The van der Waals surface area contributed by atoms with E-state index in [-0.39, 0.29) is 22.5 Å². The van der Waals surface area contributed by atoms with Gasteiger partial charge in [0.15, 0.2) is 5.78 Å². The van der Waals surface area contributed by atoms with Gasteiger partial charge < -0.3 is 4.74 Å². The van der Waals surface area contributed by atoms with Gasteiger partial charge in [-0.2, -0.15) is 0 Å². The molecule has 9 heteroatoms. The number of sulfonamides is 1. The van der Waals surface area contributed by atoms with Crippen molar-refractivity contribution < 1.29 is 22.9 Å². The van der Waals surface area contributed by atoms with Crippen LogP contribution in [0.1, 0.15) is 37.6 Å². The molecule has 0 saturated heterocycles. The number of nitrogens with one attached hydrogen (secondary N) is 1. The lowest BCUT2D eigenvalue weighted by Crippen LogP contribution is -2.30. The predicted molar refractivity (Wildman–Crippen MR) is 99.7 cm³/mol. The van der Waals surface area contributed by atoms with Crippen LogP contribution in [0.2, 0.25) is 0 Å². The summed E-state index contributed by atoms with van der Waals surface area (Å²) in [5.41, 5.74) is 0.0379. The molecular weight excluding hydrogens is 372 g/mol. The Morgan fingerprint density at radius 1 is 1.19 bits per heavy atom. The van der Waals surface area contributed by atoms with Gasteiger partial charge in [0, 0.05) is 24.1 Å². The molecule has 0 heterocycles. The van der Waals surface area contributed by atoms with Crippen LogP contribution >= 0.6 is 0 Å². The molecule has 0 amide bonds. The Bertz CT molecular complexity index is 952. The van der Waals surface area contributed by atoms with Crippen LogP contribution in [0.5, 0.6) is 11.5 Å². The molecule has 0 spiro atoms. The van der Waals surface area contributed by atoms with E-state index >= 15 is 0 Å². The zero-order valence-corrected chi connectivity index (χ0v) is 15.9. The lowest BCUT2D eigenvalue weighted by atomic mass is 10.1. The number of nitro groups is 1. The average molecular weight is 392 g/mol. The molecule has 1 N–H and O–H groups in total. The highest BCUT2D eigenvalue weighted by Gasteiger charge is 2.23. The minimum absolute atomic E-state index is 0.0280. The number of nitro benzene ring substituents is 1. The first kappa shape index (κ1) is 20.5. The third-order valence-electron chi connectivity index (χ3n) is 3.55. The van der Waals surface area contributed by atoms with Crippen LogP contribution in [0.3, 0.4) is 0 Å². The molecule has 0 atom stereocenters. The number of ketones is 1. The smallest absolute Gasteiger partial charge is 0.312 e. The molecule has 0 aliphatic rings. The fourth-order valence-electron chi connectivity index (χ4n) is 2.31. The van der Waals surface area contributed by atoms with Crippen molar-refractivity contribution >= 4 is 21.5 Å². The molecule has 0 radical (unpaired) electrons. The fraction of sp³-hybridized carbons (Fsp3) is 0.278. The van der Waals surface area contributed by atoms with Crippen molar-refractivity contribution in [2.45, 2.75) is 38.1 Å². The highest BCUT2D eigenvalue weighted by atomic mass is 32.2. The van der Waals surface area contributed by atoms with Crippen LogP contribution in [0.25, 0.3) is 0 Å². The Hall–Kier alpha value is -2.78. The van der Waals surface area contributed by atoms with Gasteiger partial charge in [0.1, 0.15) is 5.75 Å². The molecule has 144 valence electrons. The monoisotopic (exact) mass is 392 g/mol. The number of rotatable bonds is 8. The molecular formula is C18H20N2O6S. The summed E-state index contributed by atoms with van der Waals surface area (Å²) in [6.45, 7) is 5.05. The maximum atomic E-state index is 12.2. The number of Topliss-reactive ketones (excluding diaryl/α,β-unsaturated/α-hetero) is 1. The molecule has 0 bridgehead atoms. The van der Waals surface area contributed by atoms with Crippen LogP contribution < -0.4 is 9.46 Å². The molecule has 0 aliphatic heterocycles. The Balaban J connectivity index is 2.35. The number of carbonyl (C=O) groups excluding carboxylic acids is 1. The molecule has 0 fully saturated rings. The Morgan fingerprint density at radius 3 is 2.33 bits per heavy atom. The van der Waals surface area contributed by atoms with E-state index in [9.17, 15) is 23.3 Å². The number of carbonyl (C=O) groups is 1. The summed E-state index contributed by atoms with van der Waals surface area (Å²) < 4.78 is 32.3. The number of nitrogens with zero attached hydrogens (tertiary/aromatic N) is 1. The molecule has 8 nitrogen and oxygen atoms in total. The SMILES string of the molecule is CCC(=O)c1ccc(Oc2ccc(S(=O)(=O)NC(C)C)cc2[N+](=O)[O-])cc1. The van der Waals surface area contributed by atoms with E-state index in [1.165, 1.54) is 24.3 Å². The van der Waals surface area contributed by atoms with E-state index in [4.69, 9.17) is 4.74 Å². The second-order valence-electron chi connectivity index (χ2n) is 6.07. The lowest BCUT2D eigenvalue weighted by Gasteiger charge is -2.11. The third-order valence-corrected chi connectivity index (χ3v) is 5.21. The quantitative estimate of drug-likeness (QED) is 0.416. The number of benzene rings is 2. The molecule has 2 aromatic rings. The van der Waals surface area contributed by atoms with Crippen molar-refractivity contribution in [1.29, 1.82) is 0 Å². The highest BCUT2D eigenvalue weighted by Crippen LogP contribution is 2.33. The lowest BCUT2D eigenvalue weighted by molar-refractivity contribution is -0.385. The van der Waals surface area contributed by atoms with Crippen LogP contribution in [-0.4, -0.2) is 25.2 Å². The minimum atomic E-state index is -3.87. The van der Waals surface area contributed by atoms with Crippen molar-refractivity contribution in [2.75, 3.05) is 0 Å². The van der Waals surface area contributed by atoms with Crippen molar-refractivity contribution in [1.82, 2.24) is 4.72 Å². The van der Waals surface area contributed by atoms with Gasteiger partial charge in [0.2, 0.25) is 15.8 Å². The summed E-state index contributed by atoms with van der Waals surface area (Å²) in [6.07, 6.45) is 0.367. The first-order chi connectivity index (χ1) is 12.6. The van der Waals surface area contributed by atoms with Crippen LogP contribution in [-0.2, 0) is 10.0 Å². The van der Waals surface area contributed by atoms with E-state index < -0.39 is 20.6 Å². The van der Waals surface area contributed by atoms with E-state index in [2.05, 4.69) is 4.72 Å². The zero-order chi connectivity index (χ0) is 20.2. The first-order valence-electron chi connectivity index (χ1n) is 8.26. The van der Waals surface area contributed by atoms with Gasteiger partial charge in [-0.3, -0.25) is 14.9 Å². The number of hydrogen-bond donors (Lipinski definition) is 1. The van der Waals surface area contributed by atoms with Crippen molar-refractivity contribution in [3.05, 3.63) is 58.1 Å². The van der Waals surface area contributed by atoms with Gasteiger partial charge in [-0.25, -0.2) is 13.1 Å². The summed E-state index contributed by atoms with van der Waals surface area (Å²) in [4.78, 5) is 22.1. The van der Waals surface area contributed by atoms with E-state index in [1.54, 1.807) is 32.9 Å². The van der Waals surface area contributed by atoms with Crippen LogP contribution in [0.15, 0.2) is 47.4 Å². The van der Waals surface area contributed by atoms with Gasteiger partial charge in [0.05, 0.1) is 9.82 Å². The van der Waals surface area contributed by atoms with Crippen molar-refractivity contribution in [3.8, 4) is 11.5 Å². The number of ether oxygens (including phenoxy) is 1. The summed E-state index contributed by atoms with van der Waals surface area (Å²) in [7, 11) is -3.87. The Labute approximate surface area is 157 Å². The minimum Gasteiger partial charge on any atom is -0.450 e. The second kappa shape index (κ2) is 8.28. The van der Waals surface area contributed by atoms with E-state index in [0.717, 1.165) is 6.07 Å². The van der Waals surface area contributed by atoms with E-state index in [1.807, 2.05) is 0 Å². The third kappa shape index (κ3) is 5.11. The predicted octanol–water partition coefficient (Wildman–Crippen LogP) is 3.67. The van der Waals surface area contributed by atoms with Gasteiger partial charge in [-0.1, -0.05) is 6.92 Å². The fourth-order valence-corrected chi connectivity index (χ4v) is 3.58. The van der Waals surface area contributed by atoms with Gasteiger partial charge in [0.25, 0.3) is 0 Å². The molecule has 0 saturated carbocycles. The van der Waals surface area contributed by atoms with Crippen molar-refractivity contribution in [3.63, 3.8) is 0 Å². The average Bonchev–Trinajstić information content (AvgIpc) is 2.60. The second-order valence-corrected chi connectivity index (χ2v) is 7.78. The maximum Gasteiger partial charge on any atom is 0.312 e. The first-order valence-corrected chi connectivity index (χ1v) is 9.74. The molecule has 2 aromatic carbocycles. The van der Waals surface area contributed by atoms with Gasteiger partial charge in [-0.15, -0.1) is 0 Å². The van der Waals surface area contributed by atoms with Crippen LogP contribution in [0, 0.1) is 10.1 Å². The molecule has 0 aromatic heterocycles. The van der Waals surface area contributed by atoms with E-state index in [0.29, 0.717) is 17.7 Å². The topological polar surface area (TPSA) is 116 Å². The highest BCUT2D eigenvalue weighted by molar-refractivity contribution is 7.89. The summed E-state index contributed by atoms with van der Waals surface area (Å²) in [5.74, 6) is 0.166. The summed E-state index contributed by atoms with van der Waals surface area (Å²) >= 11 is 0. The maximum absolute atomic E-state index is 12.2. The summed E-state index contributed by atoms with van der Waals surface area (Å²) in [6, 6.07) is 9.26. The zero-order valence-electron chi connectivity index (χ0n) is 15.1. The molecule has 0 aliphatic carbocycles. The number of hydrogen-bond acceptors (Lipinski definition) is 6. The molecule has 27 heavy (non-hydrogen) atoms. The molecule has 2 rings (SSSR count). The standard InChI is InChI=1S/C18H20N2O6S/c1-4-17(21)13-5-7-14(8-6-13)26-18-10-9-15(11-16(18)20(22)23)27(24,25)19-12(2)3/h5-12,19H,4H2,1-3H3. The Morgan fingerprint density at radius 2 is 1.81 bits per heavy atom. The normalized spacial score (nSPS) is 11.4.